The highest BCUT2D eigenvalue weighted by Crippen LogP contribution is 2.46. The van der Waals surface area contributed by atoms with Crippen molar-refractivity contribution in [2.75, 3.05) is 0 Å². The molecule has 1 saturated carbocycles. The van der Waals surface area contributed by atoms with Crippen LogP contribution in [0.2, 0.25) is 0 Å². The maximum absolute atomic E-state index is 5.55. The first-order valence-corrected chi connectivity index (χ1v) is 5.29. The highest BCUT2D eigenvalue weighted by atomic mass is 17.2. The van der Waals surface area contributed by atoms with Crippen molar-refractivity contribution < 1.29 is 9.78 Å². The molecule has 1 heterocycles. The van der Waals surface area contributed by atoms with E-state index < -0.39 is 0 Å². The van der Waals surface area contributed by atoms with Crippen molar-refractivity contribution in [2.24, 2.45) is 0 Å². The first kappa shape index (κ1) is 8.45. The molecule has 2 nitrogen and oxygen atoms in total. The van der Waals surface area contributed by atoms with Crippen LogP contribution in [-0.4, -0.2) is 6.10 Å². The fraction of sp³-hybridized carbons (Fsp3) is 0.500. The van der Waals surface area contributed by atoms with Gasteiger partial charge in [-0.3, -0.25) is 0 Å². The number of benzene rings is 1. The van der Waals surface area contributed by atoms with Crippen LogP contribution in [0.15, 0.2) is 30.3 Å². The topological polar surface area (TPSA) is 18.5 Å². The van der Waals surface area contributed by atoms with Crippen LogP contribution in [0.4, 0.5) is 0 Å². The molecule has 2 fully saturated rings. The Labute approximate surface area is 83.8 Å². The van der Waals surface area contributed by atoms with Gasteiger partial charge in [0, 0.05) is 6.42 Å². The average molecular weight is 190 g/mol. The Bertz CT molecular complexity index is 318. The molecule has 1 aliphatic carbocycles. The lowest BCUT2D eigenvalue weighted by molar-refractivity contribution is -0.324. The minimum atomic E-state index is -0.135. The molecule has 0 aromatic heterocycles. The molecule has 1 aromatic rings. The van der Waals surface area contributed by atoms with Crippen molar-refractivity contribution in [1.29, 1.82) is 0 Å². The molecule has 0 spiro atoms. The molecule has 2 heteroatoms. The Morgan fingerprint density at radius 1 is 1.21 bits per heavy atom. The first-order valence-electron chi connectivity index (χ1n) is 5.29. The van der Waals surface area contributed by atoms with Gasteiger partial charge in [0.1, 0.15) is 5.60 Å². The van der Waals surface area contributed by atoms with E-state index in [4.69, 9.17) is 9.78 Å². The van der Waals surface area contributed by atoms with Gasteiger partial charge < -0.3 is 0 Å². The van der Waals surface area contributed by atoms with E-state index in [-0.39, 0.29) is 5.60 Å². The van der Waals surface area contributed by atoms with E-state index in [2.05, 4.69) is 24.3 Å². The molecule has 0 radical (unpaired) electrons. The number of hydrogen-bond donors (Lipinski definition) is 0. The van der Waals surface area contributed by atoms with E-state index >= 15 is 0 Å². The van der Waals surface area contributed by atoms with Gasteiger partial charge in [-0.1, -0.05) is 30.3 Å². The second-order valence-corrected chi connectivity index (χ2v) is 4.26. The first-order chi connectivity index (χ1) is 6.89. The molecule has 2 atom stereocenters. The van der Waals surface area contributed by atoms with Crippen LogP contribution in [0.5, 0.6) is 0 Å². The molecule has 3 rings (SSSR count). The lowest BCUT2D eigenvalue weighted by Crippen LogP contribution is -2.28. The number of fused-ring (bicyclic) bond motifs is 2. The minimum absolute atomic E-state index is 0.135. The summed E-state index contributed by atoms with van der Waals surface area (Å²) in [4.78, 5) is 10.9. The van der Waals surface area contributed by atoms with Crippen LogP contribution in [0.25, 0.3) is 0 Å². The molecular formula is C12H14O2. The minimum Gasteiger partial charge on any atom is -0.232 e. The molecular weight excluding hydrogens is 176 g/mol. The van der Waals surface area contributed by atoms with Gasteiger partial charge in [-0.05, 0) is 24.8 Å². The van der Waals surface area contributed by atoms with Crippen LogP contribution in [0, 0.1) is 0 Å². The van der Waals surface area contributed by atoms with Crippen molar-refractivity contribution in [2.45, 2.75) is 37.4 Å². The van der Waals surface area contributed by atoms with E-state index in [9.17, 15) is 0 Å². The van der Waals surface area contributed by atoms with Gasteiger partial charge in [0.2, 0.25) is 0 Å². The summed E-state index contributed by atoms with van der Waals surface area (Å²) in [5.74, 6) is 0. The normalized spacial score (nSPS) is 35.9. The van der Waals surface area contributed by atoms with E-state index in [0.29, 0.717) is 6.10 Å². The zero-order valence-electron chi connectivity index (χ0n) is 8.11. The van der Waals surface area contributed by atoms with Crippen LogP contribution >= 0.6 is 0 Å². The lowest BCUT2D eigenvalue weighted by Gasteiger charge is -2.28. The zero-order valence-corrected chi connectivity index (χ0v) is 8.11. The van der Waals surface area contributed by atoms with Gasteiger partial charge in [-0.25, -0.2) is 9.78 Å². The number of rotatable bonds is 1. The standard InChI is InChI=1S/C12H14O2/c1-2-5-10(6-3-1)12-8-4-7-11(9-12)13-14-12/h1-3,5-6,11H,4,7-9H2. The van der Waals surface area contributed by atoms with Gasteiger partial charge in [0.05, 0.1) is 6.10 Å². The maximum Gasteiger partial charge on any atom is 0.131 e. The van der Waals surface area contributed by atoms with Crippen LogP contribution in [0.3, 0.4) is 0 Å². The van der Waals surface area contributed by atoms with Gasteiger partial charge in [0.15, 0.2) is 0 Å². The summed E-state index contributed by atoms with van der Waals surface area (Å²) >= 11 is 0. The molecule has 74 valence electrons. The maximum atomic E-state index is 5.55. The SMILES string of the molecule is c1ccc(C23CCCC(C2)OO3)cc1. The Balaban J connectivity index is 1.97. The highest BCUT2D eigenvalue weighted by Gasteiger charge is 2.46. The molecule has 1 saturated heterocycles. The van der Waals surface area contributed by atoms with Gasteiger partial charge in [-0.2, -0.15) is 0 Å². The molecule has 0 amide bonds. The van der Waals surface area contributed by atoms with Crippen LogP contribution in [0.1, 0.15) is 31.2 Å². The van der Waals surface area contributed by atoms with Crippen molar-refractivity contribution in [3.05, 3.63) is 35.9 Å². The second-order valence-electron chi connectivity index (χ2n) is 4.26. The monoisotopic (exact) mass is 190 g/mol. The van der Waals surface area contributed by atoms with Gasteiger partial charge in [-0.15, -0.1) is 0 Å². The van der Waals surface area contributed by atoms with E-state index in [0.717, 1.165) is 19.3 Å². The Kier molecular flexibility index (Phi) is 1.85. The lowest BCUT2D eigenvalue weighted by atomic mass is 9.79. The predicted octanol–water partition coefficient (Wildman–Crippen LogP) is 2.79. The summed E-state index contributed by atoms with van der Waals surface area (Å²) in [5, 5.41) is 0. The summed E-state index contributed by atoms with van der Waals surface area (Å²) in [6.07, 6.45) is 4.79. The summed E-state index contributed by atoms with van der Waals surface area (Å²) in [6.45, 7) is 0. The Morgan fingerprint density at radius 3 is 2.93 bits per heavy atom. The Hall–Kier alpha value is -0.860. The van der Waals surface area contributed by atoms with Crippen LogP contribution in [-0.2, 0) is 15.4 Å². The van der Waals surface area contributed by atoms with Crippen molar-refractivity contribution >= 4 is 0 Å². The van der Waals surface area contributed by atoms with Crippen LogP contribution < -0.4 is 0 Å². The zero-order chi connectivity index (χ0) is 9.43. The van der Waals surface area contributed by atoms with Gasteiger partial charge in [0.25, 0.3) is 0 Å². The third-order valence-corrected chi connectivity index (χ3v) is 3.31. The van der Waals surface area contributed by atoms with Crippen molar-refractivity contribution in [1.82, 2.24) is 0 Å². The summed E-state index contributed by atoms with van der Waals surface area (Å²) in [6, 6.07) is 10.4. The third-order valence-electron chi connectivity index (χ3n) is 3.31. The quantitative estimate of drug-likeness (QED) is 0.634. The predicted molar refractivity (Wildman–Crippen MR) is 52.5 cm³/mol. The molecule has 2 unspecified atom stereocenters. The van der Waals surface area contributed by atoms with Crippen molar-refractivity contribution in [3.8, 4) is 0 Å². The summed E-state index contributed by atoms with van der Waals surface area (Å²) < 4.78 is 0. The summed E-state index contributed by atoms with van der Waals surface area (Å²) in [7, 11) is 0. The third kappa shape index (κ3) is 1.18. The highest BCUT2D eigenvalue weighted by molar-refractivity contribution is 5.24. The molecule has 0 N–H and O–H groups in total. The summed E-state index contributed by atoms with van der Waals surface area (Å²) in [5.41, 5.74) is 1.13. The second kappa shape index (κ2) is 3.07. The van der Waals surface area contributed by atoms with E-state index in [1.165, 1.54) is 12.0 Å². The molecule has 14 heavy (non-hydrogen) atoms. The fourth-order valence-electron chi connectivity index (χ4n) is 2.56. The molecule has 2 bridgehead atoms. The van der Waals surface area contributed by atoms with E-state index in [1.54, 1.807) is 0 Å². The van der Waals surface area contributed by atoms with Crippen molar-refractivity contribution in [3.63, 3.8) is 0 Å². The fourth-order valence-corrected chi connectivity index (χ4v) is 2.56. The number of hydrogen-bond acceptors (Lipinski definition) is 2. The molecule has 1 aliphatic heterocycles. The Morgan fingerprint density at radius 2 is 2.07 bits per heavy atom. The smallest absolute Gasteiger partial charge is 0.131 e. The molecule has 2 aliphatic rings. The molecule has 1 aromatic carbocycles. The van der Waals surface area contributed by atoms with E-state index in [1.807, 2.05) is 6.07 Å². The largest absolute Gasteiger partial charge is 0.232 e. The average Bonchev–Trinajstić information content (AvgIpc) is 2.57. The van der Waals surface area contributed by atoms with Gasteiger partial charge >= 0.3 is 0 Å².